The smallest absolute Gasteiger partial charge is 0.249 e. The van der Waals surface area contributed by atoms with Gasteiger partial charge in [0.1, 0.15) is 29.2 Å². The Hall–Kier alpha value is -3.49. The third-order valence-electron chi connectivity index (χ3n) is 6.16. The molecule has 3 heterocycles. The number of benzene rings is 2. The fraction of sp³-hybridized carbons (Fsp3) is 0.318. The third kappa shape index (κ3) is 4.20. The molecule has 0 aliphatic carbocycles. The van der Waals surface area contributed by atoms with Crippen molar-refractivity contribution in [3.8, 4) is 5.75 Å². The van der Waals surface area contributed by atoms with Crippen molar-refractivity contribution in [2.24, 2.45) is 0 Å². The lowest BCUT2D eigenvalue weighted by molar-refractivity contribution is -0.152. The van der Waals surface area contributed by atoms with Gasteiger partial charge in [0.25, 0.3) is 0 Å². The van der Waals surface area contributed by atoms with Crippen LogP contribution in [0.25, 0.3) is 0 Å². The van der Waals surface area contributed by atoms with Crippen molar-refractivity contribution in [1.29, 1.82) is 0 Å². The number of rotatable bonds is 7. The maximum Gasteiger partial charge on any atom is 0.249 e. The zero-order chi connectivity index (χ0) is 25.7. The minimum absolute atomic E-state index is 0.0106. The quantitative estimate of drug-likeness (QED) is 0.324. The predicted molar refractivity (Wildman–Crippen MR) is 129 cm³/mol. The topological polar surface area (TPSA) is 170 Å². The lowest BCUT2D eigenvalue weighted by Gasteiger charge is -2.44. The van der Waals surface area contributed by atoms with Gasteiger partial charge in [-0.3, -0.25) is 9.59 Å². The lowest BCUT2D eigenvalue weighted by Crippen LogP contribution is -2.68. The summed E-state index contributed by atoms with van der Waals surface area (Å²) in [4.78, 5) is 28.2. The highest BCUT2D eigenvalue weighted by molar-refractivity contribution is 8.01. The Morgan fingerprint density at radius 2 is 1.86 bits per heavy atom. The van der Waals surface area contributed by atoms with E-state index in [2.05, 4.69) is 30.7 Å². The molecule has 188 valence electrons. The average molecular weight is 530 g/mol. The summed E-state index contributed by atoms with van der Waals surface area (Å²) >= 11 is 1.49. The van der Waals surface area contributed by atoms with Gasteiger partial charge in [-0.05, 0) is 43.7 Å². The summed E-state index contributed by atoms with van der Waals surface area (Å²) < 4.78 is 28.0. The summed E-state index contributed by atoms with van der Waals surface area (Å²) in [5, 5.41) is 26.1. The molecule has 2 fully saturated rings. The number of aromatic hydroxyl groups is 1. The number of aromatic nitrogens is 4. The number of fused-ring (bicyclic) bond motifs is 1. The van der Waals surface area contributed by atoms with E-state index in [1.165, 1.54) is 48.2 Å². The van der Waals surface area contributed by atoms with Crippen LogP contribution in [-0.4, -0.2) is 67.0 Å². The number of hydrogen-bond donors (Lipinski definition) is 4. The Kier molecular flexibility index (Phi) is 5.97. The van der Waals surface area contributed by atoms with Crippen LogP contribution in [0.5, 0.6) is 5.75 Å². The first kappa shape index (κ1) is 24.2. The van der Waals surface area contributed by atoms with Crippen LogP contribution in [-0.2, 0) is 19.6 Å². The second-order valence-corrected chi connectivity index (χ2v) is 12.5. The van der Waals surface area contributed by atoms with Gasteiger partial charge in [-0.1, -0.05) is 35.5 Å². The molecule has 2 saturated heterocycles. The minimum atomic E-state index is -4.08. The number of nitrogens with zero attached hydrogens (tertiary/aromatic N) is 4. The summed E-state index contributed by atoms with van der Waals surface area (Å²) in [5.41, 5.74) is 0.303. The Labute approximate surface area is 210 Å². The van der Waals surface area contributed by atoms with Gasteiger partial charge in [-0.15, -0.1) is 22.0 Å². The standard InChI is InChI=1S/C22H23N7O5S2/c1-22(2)17(18-24-27-28-25-18)29-20(32)16(21(29)35-22)23-19(31)15(12-8-10-13(30)11-9-12)26-36(33,34)14-6-4-3-5-7-14/h3-11,15-17,21,26,30H,1-2H3,(H,23,31)(H,24,25,27,28)/t15?,16?,17?,21-/m0/s1. The first-order valence-corrected chi connectivity index (χ1v) is 13.3. The van der Waals surface area contributed by atoms with Gasteiger partial charge in [0, 0.05) is 4.75 Å². The number of hydrogen-bond acceptors (Lipinski definition) is 9. The number of phenols is 1. The number of amides is 2. The Morgan fingerprint density at radius 3 is 2.50 bits per heavy atom. The molecule has 36 heavy (non-hydrogen) atoms. The van der Waals surface area contributed by atoms with E-state index in [4.69, 9.17) is 0 Å². The number of tetrazole rings is 1. The SMILES string of the molecule is CC1(C)S[C@H]2C(NC(=O)C(NS(=O)(=O)c3ccccc3)c3ccc(O)cc3)C(=O)N2C1c1nn[nH]n1. The van der Waals surface area contributed by atoms with E-state index in [-0.39, 0.29) is 21.9 Å². The second-order valence-electron chi connectivity index (χ2n) is 8.98. The maximum absolute atomic E-state index is 13.4. The van der Waals surface area contributed by atoms with E-state index in [1.54, 1.807) is 23.1 Å². The highest BCUT2D eigenvalue weighted by Crippen LogP contribution is 2.56. The van der Waals surface area contributed by atoms with Crippen LogP contribution in [0, 0.1) is 0 Å². The Morgan fingerprint density at radius 1 is 1.17 bits per heavy atom. The van der Waals surface area contributed by atoms with Crippen molar-refractivity contribution in [2.45, 2.75) is 47.0 Å². The molecule has 12 nitrogen and oxygen atoms in total. The number of nitrogens with one attached hydrogen (secondary N) is 3. The van der Waals surface area contributed by atoms with E-state index in [1.807, 2.05) is 13.8 Å². The lowest BCUT2D eigenvalue weighted by atomic mass is 9.95. The first-order valence-electron chi connectivity index (χ1n) is 11.0. The van der Waals surface area contributed by atoms with Crippen LogP contribution in [0.4, 0.5) is 0 Å². The van der Waals surface area contributed by atoms with Crippen molar-refractivity contribution >= 4 is 33.6 Å². The van der Waals surface area contributed by atoms with Crippen molar-refractivity contribution in [1.82, 2.24) is 35.6 Å². The zero-order valence-electron chi connectivity index (χ0n) is 19.2. The molecule has 3 aromatic rings. The monoisotopic (exact) mass is 529 g/mol. The number of thioether (sulfide) groups is 1. The van der Waals surface area contributed by atoms with Crippen LogP contribution in [0.3, 0.4) is 0 Å². The van der Waals surface area contributed by atoms with Crippen LogP contribution in [0.2, 0.25) is 0 Å². The van der Waals surface area contributed by atoms with Crippen molar-refractivity contribution in [3.05, 3.63) is 66.0 Å². The van der Waals surface area contributed by atoms with E-state index in [9.17, 15) is 23.1 Å². The normalized spacial score (nSPS) is 23.6. The molecule has 4 N–H and O–H groups in total. The van der Waals surface area contributed by atoms with Crippen molar-refractivity contribution in [3.63, 3.8) is 0 Å². The minimum Gasteiger partial charge on any atom is -0.508 e. The highest BCUT2D eigenvalue weighted by Gasteiger charge is 2.63. The van der Waals surface area contributed by atoms with Crippen LogP contribution in [0.15, 0.2) is 59.5 Å². The van der Waals surface area contributed by atoms with E-state index in [0.29, 0.717) is 11.4 Å². The van der Waals surface area contributed by atoms with E-state index >= 15 is 0 Å². The molecule has 2 aliphatic heterocycles. The molecule has 2 aliphatic rings. The van der Waals surface area contributed by atoms with Gasteiger partial charge in [-0.25, -0.2) is 8.42 Å². The summed E-state index contributed by atoms with van der Waals surface area (Å²) in [7, 11) is -4.08. The molecule has 3 unspecified atom stereocenters. The first-order chi connectivity index (χ1) is 17.1. The van der Waals surface area contributed by atoms with E-state index in [0.717, 1.165) is 0 Å². The molecular weight excluding hydrogens is 506 g/mol. The predicted octanol–water partition coefficient (Wildman–Crippen LogP) is 0.845. The molecule has 5 rings (SSSR count). The molecule has 4 atom stereocenters. The van der Waals surface area contributed by atoms with Gasteiger partial charge < -0.3 is 15.3 Å². The van der Waals surface area contributed by atoms with Gasteiger partial charge in [0.2, 0.25) is 21.8 Å². The number of H-pyrrole nitrogens is 1. The number of sulfonamides is 1. The van der Waals surface area contributed by atoms with Crippen LogP contribution >= 0.6 is 11.8 Å². The van der Waals surface area contributed by atoms with Gasteiger partial charge in [-0.2, -0.15) is 9.94 Å². The molecule has 2 aromatic carbocycles. The summed E-state index contributed by atoms with van der Waals surface area (Å²) in [6.07, 6.45) is 0. The van der Waals surface area contributed by atoms with Gasteiger partial charge in [0.15, 0.2) is 5.82 Å². The molecular formula is C22H23N7O5S2. The van der Waals surface area contributed by atoms with E-state index < -0.39 is 38.8 Å². The molecule has 1 aromatic heterocycles. The summed E-state index contributed by atoms with van der Waals surface area (Å²) in [6.45, 7) is 3.91. The number of phenolic OH excluding ortho intramolecular Hbond substituents is 1. The largest absolute Gasteiger partial charge is 0.508 e. The Bertz CT molecular complexity index is 1380. The summed E-state index contributed by atoms with van der Waals surface area (Å²) in [5.74, 6) is -0.673. The molecule has 14 heteroatoms. The molecule has 2 amide bonds. The maximum atomic E-state index is 13.4. The number of aromatic amines is 1. The van der Waals surface area contributed by atoms with Crippen molar-refractivity contribution in [2.75, 3.05) is 0 Å². The molecule has 0 bridgehead atoms. The van der Waals surface area contributed by atoms with Crippen molar-refractivity contribution < 1.29 is 23.1 Å². The molecule has 0 saturated carbocycles. The van der Waals surface area contributed by atoms with Gasteiger partial charge in [0.05, 0.1) is 4.90 Å². The molecule has 0 spiro atoms. The van der Waals surface area contributed by atoms with Crippen LogP contribution in [0.1, 0.15) is 37.3 Å². The second kappa shape index (κ2) is 8.87. The molecule has 0 radical (unpaired) electrons. The Balaban J connectivity index is 1.39. The number of carbonyl (C=O) groups excluding carboxylic acids is 2. The number of β-lactam (4-membered cyclic amide) rings is 1. The summed E-state index contributed by atoms with van der Waals surface area (Å²) in [6, 6.07) is 10.6. The zero-order valence-corrected chi connectivity index (χ0v) is 20.8. The third-order valence-corrected chi connectivity index (χ3v) is 9.17. The number of carbonyl (C=O) groups is 2. The fourth-order valence-corrected chi connectivity index (χ4v) is 7.28. The van der Waals surface area contributed by atoms with Gasteiger partial charge >= 0.3 is 0 Å². The highest BCUT2D eigenvalue weighted by atomic mass is 32.2. The van der Waals surface area contributed by atoms with Crippen LogP contribution < -0.4 is 10.0 Å². The average Bonchev–Trinajstić information content (AvgIpc) is 3.46. The fourth-order valence-electron chi connectivity index (χ4n) is 4.45.